The summed E-state index contributed by atoms with van der Waals surface area (Å²) in [4.78, 5) is 2.37. The first kappa shape index (κ1) is 13.3. The molecule has 1 saturated heterocycles. The standard InChI is InChI=1S/C15H23FN2/c1-11-9-17-14(15(2,3)4)10-18(11)13-7-5-12(16)6-8-13/h5-8,11,14,17H,9-10H2,1-4H3. The average molecular weight is 250 g/mol. The molecule has 2 atom stereocenters. The highest BCUT2D eigenvalue weighted by molar-refractivity contribution is 5.48. The summed E-state index contributed by atoms with van der Waals surface area (Å²) in [6.45, 7) is 10.9. The molecule has 0 saturated carbocycles. The predicted molar refractivity (Wildman–Crippen MR) is 74.5 cm³/mol. The maximum Gasteiger partial charge on any atom is 0.123 e. The Balaban J connectivity index is 2.17. The van der Waals surface area contributed by atoms with Crippen LogP contribution in [0, 0.1) is 11.2 Å². The fraction of sp³-hybridized carbons (Fsp3) is 0.600. The van der Waals surface area contributed by atoms with Gasteiger partial charge in [0.05, 0.1) is 0 Å². The van der Waals surface area contributed by atoms with E-state index in [0.717, 1.165) is 18.8 Å². The summed E-state index contributed by atoms with van der Waals surface area (Å²) in [6, 6.07) is 7.72. The minimum atomic E-state index is -0.172. The molecule has 1 aliphatic rings. The molecule has 1 N–H and O–H groups in total. The summed E-state index contributed by atoms with van der Waals surface area (Å²) >= 11 is 0. The molecule has 1 aliphatic heterocycles. The van der Waals surface area contributed by atoms with Crippen LogP contribution in [-0.2, 0) is 0 Å². The van der Waals surface area contributed by atoms with Crippen molar-refractivity contribution < 1.29 is 4.39 Å². The summed E-state index contributed by atoms with van der Waals surface area (Å²) in [5, 5.41) is 3.60. The number of nitrogens with one attached hydrogen (secondary N) is 1. The monoisotopic (exact) mass is 250 g/mol. The Morgan fingerprint density at radius 2 is 1.83 bits per heavy atom. The number of anilines is 1. The lowest BCUT2D eigenvalue weighted by Gasteiger charge is -2.45. The molecule has 0 aromatic heterocycles. The lowest BCUT2D eigenvalue weighted by molar-refractivity contribution is 0.239. The van der Waals surface area contributed by atoms with Gasteiger partial charge in [0.1, 0.15) is 5.82 Å². The van der Waals surface area contributed by atoms with Gasteiger partial charge in [-0.2, -0.15) is 0 Å². The summed E-state index contributed by atoms with van der Waals surface area (Å²) in [5.41, 5.74) is 1.35. The molecule has 2 unspecified atom stereocenters. The number of rotatable bonds is 1. The molecule has 100 valence electrons. The molecule has 2 nitrogen and oxygen atoms in total. The van der Waals surface area contributed by atoms with Gasteiger partial charge in [-0.25, -0.2) is 4.39 Å². The number of hydrogen-bond donors (Lipinski definition) is 1. The third-order valence-electron chi connectivity index (χ3n) is 3.77. The molecule has 0 radical (unpaired) electrons. The molecule has 0 spiro atoms. The fourth-order valence-electron chi connectivity index (χ4n) is 2.44. The Morgan fingerprint density at radius 3 is 2.39 bits per heavy atom. The Kier molecular flexibility index (Phi) is 3.62. The zero-order chi connectivity index (χ0) is 13.3. The fourth-order valence-corrected chi connectivity index (χ4v) is 2.44. The van der Waals surface area contributed by atoms with Crippen LogP contribution in [0.1, 0.15) is 27.7 Å². The summed E-state index contributed by atoms with van der Waals surface area (Å²) in [6.07, 6.45) is 0. The first-order valence-corrected chi connectivity index (χ1v) is 6.63. The van der Waals surface area contributed by atoms with Gasteiger partial charge in [0, 0.05) is 30.9 Å². The van der Waals surface area contributed by atoms with Gasteiger partial charge < -0.3 is 10.2 Å². The zero-order valence-electron chi connectivity index (χ0n) is 11.7. The van der Waals surface area contributed by atoms with Crippen molar-refractivity contribution in [2.75, 3.05) is 18.0 Å². The van der Waals surface area contributed by atoms with Crippen LogP contribution in [-0.4, -0.2) is 25.2 Å². The van der Waals surface area contributed by atoms with Crippen molar-refractivity contribution in [2.45, 2.75) is 39.8 Å². The van der Waals surface area contributed by atoms with E-state index in [0.29, 0.717) is 12.1 Å². The van der Waals surface area contributed by atoms with Gasteiger partial charge in [-0.1, -0.05) is 20.8 Å². The first-order chi connectivity index (χ1) is 8.38. The molecule has 1 heterocycles. The van der Waals surface area contributed by atoms with Crippen LogP contribution in [0.2, 0.25) is 0 Å². The van der Waals surface area contributed by atoms with Crippen LogP contribution in [0.25, 0.3) is 0 Å². The normalized spacial score (nSPS) is 25.3. The first-order valence-electron chi connectivity index (χ1n) is 6.63. The van der Waals surface area contributed by atoms with Gasteiger partial charge in [0.15, 0.2) is 0 Å². The minimum absolute atomic E-state index is 0.172. The number of nitrogens with zero attached hydrogens (tertiary/aromatic N) is 1. The SMILES string of the molecule is CC1CNC(C(C)(C)C)CN1c1ccc(F)cc1. The second kappa shape index (κ2) is 4.88. The highest BCUT2D eigenvalue weighted by Gasteiger charge is 2.32. The van der Waals surface area contributed by atoms with Crippen molar-refractivity contribution in [3.63, 3.8) is 0 Å². The molecule has 1 fully saturated rings. The number of hydrogen-bond acceptors (Lipinski definition) is 2. The van der Waals surface area contributed by atoms with Gasteiger partial charge in [0.2, 0.25) is 0 Å². The summed E-state index contributed by atoms with van der Waals surface area (Å²) in [7, 11) is 0. The van der Waals surface area contributed by atoms with E-state index >= 15 is 0 Å². The van der Waals surface area contributed by atoms with Crippen molar-refractivity contribution in [3.8, 4) is 0 Å². The number of benzene rings is 1. The van der Waals surface area contributed by atoms with Crippen molar-refractivity contribution in [1.29, 1.82) is 0 Å². The third-order valence-corrected chi connectivity index (χ3v) is 3.77. The zero-order valence-corrected chi connectivity index (χ0v) is 11.7. The van der Waals surface area contributed by atoms with Crippen molar-refractivity contribution in [2.24, 2.45) is 5.41 Å². The van der Waals surface area contributed by atoms with E-state index in [-0.39, 0.29) is 11.2 Å². The van der Waals surface area contributed by atoms with Crippen LogP contribution in [0.5, 0.6) is 0 Å². The molecule has 1 aromatic rings. The Hall–Kier alpha value is -1.09. The van der Waals surface area contributed by atoms with Crippen molar-refractivity contribution in [1.82, 2.24) is 5.32 Å². The topological polar surface area (TPSA) is 15.3 Å². The third kappa shape index (κ3) is 2.83. The second-order valence-electron chi connectivity index (χ2n) is 6.30. The van der Waals surface area contributed by atoms with E-state index in [1.807, 2.05) is 12.1 Å². The Bertz CT molecular complexity index is 394. The smallest absolute Gasteiger partial charge is 0.123 e. The molecule has 0 bridgehead atoms. The maximum absolute atomic E-state index is 13.0. The molecule has 0 aliphatic carbocycles. The van der Waals surface area contributed by atoms with Gasteiger partial charge in [-0.05, 0) is 36.6 Å². The molecule has 2 rings (SSSR count). The molecular formula is C15H23FN2. The van der Waals surface area contributed by atoms with Gasteiger partial charge in [-0.3, -0.25) is 0 Å². The minimum Gasteiger partial charge on any atom is -0.366 e. The van der Waals surface area contributed by atoms with E-state index in [9.17, 15) is 4.39 Å². The van der Waals surface area contributed by atoms with Crippen LogP contribution < -0.4 is 10.2 Å². The van der Waals surface area contributed by atoms with Gasteiger partial charge >= 0.3 is 0 Å². The molecular weight excluding hydrogens is 227 g/mol. The highest BCUT2D eigenvalue weighted by Crippen LogP contribution is 2.27. The lowest BCUT2D eigenvalue weighted by Crippen LogP contribution is -2.59. The van der Waals surface area contributed by atoms with Crippen LogP contribution in [0.15, 0.2) is 24.3 Å². The number of halogens is 1. The van der Waals surface area contributed by atoms with E-state index in [4.69, 9.17) is 0 Å². The Labute approximate surface area is 109 Å². The molecule has 3 heteroatoms. The Morgan fingerprint density at radius 1 is 1.22 bits per heavy atom. The van der Waals surface area contributed by atoms with E-state index < -0.39 is 0 Å². The quantitative estimate of drug-likeness (QED) is 0.824. The molecule has 1 aromatic carbocycles. The predicted octanol–water partition coefficient (Wildman–Crippen LogP) is 3.04. The molecule has 18 heavy (non-hydrogen) atoms. The summed E-state index contributed by atoms with van der Waals surface area (Å²) in [5.74, 6) is -0.172. The average Bonchev–Trinajstić information content (AvgIpc) is 2.29. The van der Waals surface area contributed by atoms with Gasteiger partial charge in [-0.15, -0.1) is 0 Å². The van der Waals surface area contributed by atoms with Crippen LogP contribution in [0.4, 0.5) is 10.1 Å². The molecule has 0 amide bonds. The van der Waals surface area contributed by atoms with Crippen molar-refractivity contribution in [3.05, 3.63) is 30.1 Å². The van der Waals surface area contributed by atoms with Crippen LogP contribution in [0.3, 0.4) is 0 Å². The lowest BCUT2D eigenvalue weighted by atomic mass is 9.84. The van der Waals surface area contributed by atoms with Gasteiger partial charge in [0.25, 0.3) is 0 Å². The van der Waals surface area contributed by atoms with Crippen LogP contribution >= 0.6 is 0 Å². The summed E-state index contributed by atoms with van der Waals surface area (Å²) < 4.78 is 13.0. The maximum atomic E-state index is 13.0. The number of piperazine rings is 1. The van der Waals surface area contributed by atoms with E-state index in [1.165, 1.54) is 12.1 Å². The van der Waals surface area contributed by atoms with Crippen molar-refractivity contribution >= 4 is 5.69 Å². The second-order valence-corrected chi connectivity index (χ2v) is 6.30. The largest absolute Gasteiger partial charge is 0.366 e. The highest BCUT2D eigenvalue weighted by atomic mass is 19.1. The van der Waals surface area contributed by atoms with E-state index in [1.54, 1.807) is 0 Å². The van der Waals surface area contributed by atoms with E-state index in [2.05, 4.69) is 37.9 Å².